The van der Waals surface area contributed by atoms with Crippen LogP contribution in [0.3, 0.4) is 0 Å². The number of aromatic nitrogens is 2. The highest BCUT2D eigenvalue weighted by molar-refractivity contribution is 7.16. The molecule has 2 N–H and O–H groups in total. The molecule has 3 aromatic rings. The monoisotopic (exact) mass is 344 g/mol. The van der Waals surface area contributed by atoms with Gasteiger partial charge in [0.2, 0.25) is 5.91 Å². The quantitative estimate of drug-likeness (QED) is 0.759. The number of nitrogens with zero attached hydrogens (tertiary/aromatic N) is 2. The van der Waals surface area contributed by atoms with Crippen molar-refractivity contribution in [2.75, 3.05) is 10.6 Å². The van der Waals surface area contributed by atoms with E-state index in [1.54, 1.807) is 17.4 Å². The SMILES string of the molecule is CC(=O)Nc1cc(C(=O)Nc2nc(-c3cccs3)cs2)ccn1. The van der Waals surface area contributed by atoms with E-state index < -0.39 is 0 Å². The van der Waals surface area contributed by atoms with Crippen LogP contribution in [-0.4, -0.2) is 21.8 Å². The Balaban J connectivity index is 1.73. The molecule has 0 atom stereocenters. The standard InChI is InChI=1S/C15H12N4O2S2/c1-9(20)17-13-7-10(4-5-16-13)14(21)19-15-18-11(8-23-15)12-3-2-6-22-12/h2-8H,1H3,(H,16,17,20)(H,18,19,21). The van der Waals surface area contributed by atoms with Crippen LogP contribution in [0.1, 0.15) is 17.3 Å². The van der Waals surface area contributed by atoms with Gasteiger partial charge in [-0.05, 0) is 23.6 Å². The molecule has 6 nitrogen and oxygen atoms in total. The van der Waals surface area contributed by atoms with Crippen molar-refractivity contribution < 1.29 is 9.59 Å². The molecular formula is C15H12N4O2S2. The molecule has 3 heterocycles. The van der Waals surface area contributed by atoms with E-state index in [2.05, 4.69) is 20.6 Å². The molecule has 0 aliphatic heterocycles. The highest BCUT2D eigenvalue weighted by Crippen LogP contribution is 2.28. The summed E-state index contributed by atoms with van der Waals surface area (Å²) < 4.78 is 0. The molecule has 0 aliphatic carbocycles. The van der Waals surface area contributed by atoms with Crippen molar-refractivity contribution in [1.29, 1.82) is 0 Å². The molecular weight excluding hydrogens is 332 g/mol. The summed E-state index contributed by atoms with van der Waals surface area (Å²) in [6, 6.07) is 7.03. The predicted molar refractivity (Wildman–Crippen MR) is 91.9 cm³/mol. The van der Waals surface area contributed by atoms with Crippen LogP contribution in [0.2, 0.25) is 0 Å². The lowest BCUT2D eigenvalue weighted by atomic mass is 10.2. The van der Waals surface area contributed by atoms with Gasteiger partial charge in [0.05, 0.1) is 10.6 Å². The number of thiophene rings is 1. The van der Waals surface area contributed by atoms with E-state index in [0.717, 1.165) is 10.6 Å². The molecule has 0 aromatic carbocycles. The lowest BCUT2D eigenvalue weighted by Gasteiger charge is -2.04. The van der Waals surface area contributed by atoms with Crippen LogP contribution in [0, 0.1) is 0 Å². The fraction of sp³-hybridized carbons (Fsp3) is 0.0667. The second kappa shape index (κ2) is 6.67. The van der Waals surface area contributed by atoms with Crippen LogP contribution in [0.25, 0.3) is 10.6 Å². The van der Waals surface area contributed by atoms with E-state index in [1.165, 1.54) is 30.5 Å². The number of amides is 2. The summed E-state index contributed by atoms with van der Waals surface area (Å²) in [6.07, 6.45) is 1.47. The van der Waals surface area contributed by atoms with Crippen LogP contribution < -0.4 is 10.6 Å². The number of thiazole rings is 1. The summed E-state index contributed by atoms with van der Waals surface area (Å²) >= 11 is 2.96. The zero-order valence-corrected chi connectivity index (χ0v) is 13.7. The summed E-state index contributed by atoms with van der Waals surface area (Å²) in [4.78, 5) is 32.7. The van der Waals surface area contributed by atoms with E-state index in [0.29, 0.717) is 16.5 Å². The van der Waals surface area contributed by atoms with Gasteiger partial charge in [0.15, 0.2) is 5.13 Å². The van der Waals surface area contributed by atoms with E-state index in [9.17, 15) is 9.59 Å². The van der Waals surface area contributed by atoms with E-state index in [-0.39, 0.29) is 11.8 Å². The second-order valence-corrected chi connectivity index (χ2v) is 6.39. The third-order valence-electron chi connectivity index (χ3n) is 2.82. The lowest BCUT2D eigenvalue weighted by molar-refractivity contribution is -0.114. The molecule has 23 heavy (non-hydrogen) atoms. The maximum absolute atomic E-state index is 12.3. The summed E-state index contributed by atoms with van der Waals surface area (Å²) in [5.41, 5.74) is 1.24. The molecule has 0 saturated carbocycles. The third-order valence-corrected chi connectivity index (χ3v) is 4.47. The molecule has 0 bridgehead atoms. The number of hydrogen-bond donors (Lipinski definition) is 2. The number of carbonyl (C=O) groups is 2. The Kier molecular flexibility index (Phi) is 4.45. The average Bonchev–Trinajstić information content (AvgIpc) is 3.17. The zero-order chi connectivity index (χ0) is 16.2. The number of rotatable bonds is 4. The molecule has 0 aliphatic rings. The second-order valence-electron chi connectivity index (χ2n) is 4.58. The first-order valence-electron chi connectivity index (χ1n) is 6.66. The number of carbonyl (C=O) groups excluding carboxylic acids is 2. The molecule has 3 rings (SSSR count). The minimum Gasteiger partial charge on any atom is -0.311 e. The van der Waals surface area contributed by atoms with Crippen LogP contribution >= 0.6 is 22.7 Å². The maximum Gasteiger partial charge on any atom is 0.257 e. The topological polar surface area (TPSA) is 84.0 Å². The largest absolute Gasteiger partial charge is 0.311 e. The lowest BCUT2D eigenvalue weighted by Crippen LogP contribution is -2.13. The summed E-state index contributed by atoms with van der Waals surface area (Å²) in [7, 11) is 0. The van der Waals surface area contributed by atoms with Crippen LogP contribution in [-0.2, 0) is 4.79 Å². The van der Waals surface area contributed by atoms with Gasteiger partial charge < -0.3 is 5.32 Å². The number of pyridine rings is 1. The van der Waals surface area contributed by atoms with Crippen molar-refractivity contribution in [2.24, 2.45) is 0 Å². The normalized spacial score (nSPS) is 10.3. The molecule has 0 spiro atoms. The molecule has 2 amide bonds. The van der Waals surface area contributed by atoms with Gasteiger partial charge in [-0.2, -0.15) is 0 Å². The Morgan fingerprint density at radius 3 is 2.78 bits per heavy atom. The molecule has 116 valence electrons. The zero-order valence-electron chi connectivity index (χ0n) is 12.1. The van der Waals surface area contributed by atoms with Crippen LogP contribution in [0.15, 0.2) is 41.2 Å². The Bertz CT molecular complexity index is 843. The van der Waals surface area contributed by atoms with E-state index in [4.69, 9.17) is 0 Å². The number of nitrogens with one attached hydrogen (secondary N) is 2. The van der Waals surface area contributed by atoms with Gasteiger partial charge in [-0.15, -0.1) is 22.7 Å². The third kappa shape index (κ3) is 3.79. The van der Waals surface area contributed by atoms with Crippen molar-refractivity contribution >= 4 is 45.4 Å². The highest BCUT2D eigenvalue weighted by atomic mass is 32.1. The average molecular weight is 344 g/mol. The van der Waals surface area contributed by atoms with Gasteiger partial charge in [0, 0.05) is 24.1 Å². The fourth-order valence-electron chi connectivity index (χ4n) is 1.86. The molecule has 3 aromatic heterocycles. The van der Waals surface area contributed by atoms with Crippen molar-refractivity contribution in [1.82, 2.24) is 9.97 Å². The predicted octanol–water partition coefficient (Wildman–Crippen LogP) is 3.48. The number of anilines is 2. The molecule has 0 fully saturated rings. The first kappa shape index (κ1) is 15.3. The van der Waals surface area contributed by atoms with Crippen LogP contribution in [0.5, 0.6) is 0 Å². The van der Waals surface area contributed by atoms with Gasteiger partial charge in [0.25, 0.3) is 5.91 Å². The van der Waals surface area contributed by atoms with Crippen molar-refractivity contribution in [3.8, 4) is 10.6 Å². The molecule has 0 saturated heterocycles. The molecule has 0 unspecified atom stereocenters. The number of hydrogen-bond acceptors (Lipinski definition) is 6. The van der Waals surface area contributed by atoms with E-state index >= 15 is 0 Å². The van der Waals surface area contributed by atoms with Gasteiger partial charge in [-0.1, -0.05) is 6.07 Å². The smallest absolute Gasteiger partial charge is 0.257 e. The van der Waals surface area contributed by atoms with Crippen LogP contribution in [0.4, 0.5) is 10.9 Å². The summed E-state index contributed by atoms with van der Waals surface area (Å²) in [6.45, 7) is 1.39. The Morgan fingerprint density at radius 2 is 2.04 bits per heavy atom. The van der Waals surface area contributed by atoms with E-state index in [1.807, 2.05) is 22.9 Å². The summed E-state index contributed by atoms with van der Waals surface area (Å²) in [5, 5.41) is 9.70. The van der Waals surface area contributed by atoms with Gasteiger partial charge >= 0.3 is 0 Å². The van der Waals surface area contributed by atoms with Crippen molar-refractivity contribution in [3.05, 3.63) is 46.8 Å². The molecule has 8 heteroatoms. The van der Waals surface area contributed by atoms with Crippen molar-refractivity contribution in [3.63, 3.8) is 0 Å². The van der Waals surface area contributed by atoms with Gasteiger partial charge in [-0.3, -0.25) is 14.9 Å². The van der Waals surface area contributed by atoms with Gasteiger partial charge in [-0.25, -0.2) is 9.97 Å². The maximum atomic E-state index is 12.3. The first-order chi connectivity index (χ1) is 11.1. The Hall–Kier alpha value is -2.58. The first-order valence-corrected chi connectivity index (χ1v) is 8.42. The Labute approximate surface area is 140 Å². The fourth-order valence-corrected chi connectivity index (χ4v) is 3.32. The highest BCUT2D eigenvalue weighted by Gasteiger charge is 2.11. The van der Waals surface area contributed by atoms with Gasteiger partial charge in [0.1, 0.15) is 5.82 Å². The minimum atomic E-state index is -0.300. The minimum absolute atomic E-state index is 0.240. The Morgan fingerprint density at radius 1 is 1.17 bits per heavy atom. The molecule has 0 radical (unpaired) electrons. The summed E-state index contributed by atoms with van der Waals surface area (Å²) in [5.74, 6) is -0.204. The van der Waals surface area contributed by atoms with Crippen molar-refractivity contribution in [2.45, 2.75) is 6.92 Å².